The van der Waals surface area contributed by atoms with Gasteiger partial charge in [0.15, 0.2) is 0 Å². The van der Waals surface area contributed by atoms with Gasteiger partial charge < -0.3 is 5.32 Å². The summed E-state index contributed by atoms with van der Waals surface area (Å²) in [5.74, 6) is -0.00447. The Bertz CT molecular complexity index is 590. The van der Waals surface area contributed by atoms with Gasteiger partial charge in [-0.05, 0) is 54.8 Å². The maximum atomic E-state index is 11.9. The molecule has 0 radical (unpaired) electrons. The van der Waals surface area contributed by atoms with E-state index in [4.69, 9.17) is 0 Å². The third kappa shape index (κ3) is 3.86. The van der Waals surface area contributed by atoms with Gasteiger partial charge in [-0.15, -0.1) is 12.6 Å². The van der Waals surface area contributed by atoms with Crippen LogP contribution in [0.4, 0.5) is 5.69 Å². The van der Waals surface area contributed by atoms with Crippen LogP contribution in [0.5, 0.6) is 0 Å². The van der Waals surface area contributed by atoms with Crippen molar-refractivity contribution >= 4 is 24.2 Å². The summed E-state index contributed by atoms with van der Waals surface area (Å²) < 4.78 is 0. The smallest absolute Gasteiger partial charge is 0.228 e. The number of anilines is 1. The zero-order valence-electron chi connectivity index (χ0n) is 11.1. The first-order valence-corrected chi connectivity index (χ1v) is 6.64. The second kappa shape index (κ2) is 5.93. The minimum absolute atomic E-state index is 0.00447. The fourth-order valence-electron chi connectivity index (χ4n) is 1.82. The van der Waals surface area contributed by atoms with Crippen LogP contribution in [0.2, 0.25) is 0 Å². The van der Waals surface area contributed by atoms with E-state index in [0.717, 1.165) is 16.1 Å². The predicted octanol–water partition coefficient (Wildman–Crippen LogP) is 3.77. The zero-order valence-corrected chi connectivity index (χ0v) is 12.0. The summed E-state index contributed by atoms with van der Waals surface area (Å²) in [6, 6.07) is 13.6. The van der Waals surface area contributed by atoms with Crippen molar-refractivity contribution in [3.8, 4) is 0 Å². The van der Waals surface area contributed by atoms with Gasteiger partial charge in [0.1, 0.15) is 0 Å². The quantitative estimate of drug-likeness (QED) is 0.817. The van der Waals surface area contributed by atoms with Crippen molar-refractivity contribution in [2.75, 3.05) is 5.32 Å². The monoisotopic (exact) mass is 271 g/mol. The summed E-state index contributed by atoms with van der Waals surface area (Å²) in [6.45, 7) is 4.09. The normalized spacial score (nSPS) is 10.3. The number of benzene rings is 2. The Kier molecular flexibility index (Phi) is 4.27. The minimum atomic E-state index is -0.00447. The molecule has 0 aliphatic carbocycles. The molecule has 0 unspecified atom stereocenters. The number of hydrogen-bond acceptors (Lipinski definition) is 2. The number of thiol groups is 1. The topological polar surface area (TPSA) is 29.1 Å². The highest BCUT2D eigenvalue weighted by atomic mass is 32.1. The van der Waals surface area contributed by atoms with E-state index in [1.165, 1.54) is 11.1 Å². The average Bonchev–Trinajstić information content (AvgIpc) is 2.37. The van der Waals surface area contributed by atoms with Crippen molar-refractivity contribution in [2.45, 2.75) is 25.2 Å². The van der Waals surface area contributed by atoms with Crippen molar-refractivity contribution in [3.05, 3.63) is 59.2 Å². The van der Waals surface area contributed by atoms with Crippen LogP contribution in [0.25, 0.3) is 0 Å². The Balaban J connectivity index is 2.01. The van der Waals surface area contributed by atoms with Crippen molar-refractivity contribution in [2.24, 2.45) is 0 Å². The SMILES string of the molecule is Cc1ccc(NC(=O)Cc2ccc(S)cc2)cc1C. The van der Waals surface area contributed by atoms with E-state index in [0.29, 0.717) is 6.42 Å². The highest BCUT2D eigenvalue weighted by molar-refractivity contribution is 7.80. The first-order valence-electron chi connectivity index (χ1n) is 6.19. The van der Waals surface area contributed by atoms with E-state index in [2.05, 4.69) is 24.9 Å². The standard InChI is InChI=1S/C16H17NOS/c1-11-3-6-14(9-12(11)2)17-16(18)10-13-4-7-15(19)8-5-13/h3-9,19H,10H2,1-2H3,(H,17,18). The third-order valence-electron chi connectivity index (χ3n) is 3.09. The number of rotatable bonds is 3. The van der Waals surface area contributed by atoms with Gasteiger partial charge in [-0.1, -0.05) is 18.2 Å². The van der Waals surface area contributed by atoms with Crippen LogP contribution in [0, 0.1) is 13.8 Å². The van der Waals surface area contributed by atoms with E-state index in [1.807, 2.05) is 49.4 Å². The molecular formula is C16H17NOS. The van der Waals surface area contributed by atoms with Crippen molar-refractivity contribution in [1.29, 1.82) is 0 Å². The van der Waals surface area contributed by atoms with Gasteiger partial charge in [0.05, 0.1) is 6.42 Å². The number of carbonyl (C=O) groups excluding carboxylic acids is 1. The van der Waals surface area contributed by atoms with Gasteiger partial charge in [0, 0.05) is 10.6 Å². The number of hydrogen-bond donors (Lipinski definition) is 2. The fraction of sp³-hybridized carbons (Fsp3) is 0.188. The summed E-state index contributed by atoms with van der Waals surface area (Å²) >= 11 is 4.22. The minimum Gasteiger partial charge on any atom is -0.326 e. The molecule has 98 valence electrons. The highest BCUT2D eigenvalue weighted by Crippen LogP contribution is 2.15. The Labute approximate surface area is 119 Å². The second-order valence-electron chi connectivity index (χ2n) is 4.69. The van der Waals surface area contributed by atoms with Crippen molar-refractivity contribution in [1.82, 2.24) is 0 Å². The molecule has 2 nitrogen and oxygen atoms in total. The molecule has 0 aliphatic rings. The summed E-state index contributed by atoms with van der Waals surface area (Å²) in [7, 11) is 0. The molecule has 0 heterocycles. The molecule has 0 saturated heterocycles. The summed E-state index contributed by atoms with van der Waals surface area (Å²) in [5.41, 5.74) is 4.23. The molecule has 19 heavy (non-hydrogen) atoms. The van der Waals surface area contributed by atoms with Gasteiger partial charge in [-0.25, -0.2) is 0 Å². The Morgan fingerprint density at radius 2 is 1.74 bits per heavy atom. The second-order valence-corrected chi connectivity index (χ2v) is 5.21. The van der Waals surface area contributed by atoms with Gasteiger partial charge in [-0.2, -0.15) is 0 Å². The maximum Gasteiger partial charge on any atom is 0.228 e. The van der Waals surface area contributed by atoms with Gasteiger partial charge >= 0.3 is 0 Å². The van der Waals surface area contributed by atoms with Crippen LogP contribution in [-0.4, -0.2) is 5.91 Å². The van der Waals surface area contributed by atoms with Gasteiger partial charge in [-0.3, -0.25) is 4.79 Å². The van der Waals surface area contributed by atoms with Crippen LogP contribution in [0.3, 0.4) is 0 Å². The summed E-state index contributed by atoms with van der Waals surface area (Å²) in [6.07, 6.45) is 0.376. The van der Waals surface area contributed by atoms with E-state index in [-0.39, 0.29) is 5.91 Å². The molecule has 0 aliphatic heterocycles. The number of aryl methyl sites for hydroxylation is 2. The van der Waals surface area contributed by atoms with Crippen molar-refractivity contribution in [3.63, 3.8) is 0 Å². The van der Waals surface area contributed by atoms with E-state index in [9.17, 15) is 4.79 Å². The van der Waals surface area contributed by atoms with Gasteiger partial charge in [0.2, 0.25) is 5.91 Å². The molecule has 2 rings (SSSR count). The molecule has 0 aromatic heterocycles. The van der Waals surface area contributed by atoms with Crippen LogP contribution in [0.15, 0.2) is 47.4 Å². The van der Waals surface area contributed by atoms with Gasteiger partial charge in [0.25, 0.3) is 0 Å². The zero-order chi connectivity index (χ0) is 13.8. The molecular weight excluding hydrogens is 254 g/mol. The lowest BCUT2D eigenvalue weighted by Gasteiger charge is -2.08. The molecule has 0 saturated carbocycles. The average molecular weight is 271 g/mol. The molecule has 1 N–H and O–H groups in total. The van der Waals surface area contributed by atoms with Crippen LogP contribution < -0.4 is 5.32 Å². The first kappa shape index (κ1) is 13.7. The largest absolute Gasteiger partial charge is 0.326 e. The lowest BCUT2D eigenvalue weighted by atomic mass is 10.1. The summed E-state index contributed by atoms with van der Waals surface area (Å²) in [5, 5.41) is 2.92. The molecule has 2 aromatic rings. The maximum absolute atomic E-state index is 11.9. The summed E-state index contributed by atoms with van der Waals surface area (Å²) in [4.78, 5) is 12.8. The predicted molar refractivity (Wildman–Crippen MR) is 81.9 cm³/mol. The van der Waals surface area contributed by atoms with Crippen LogP contribution in [-0.2, 0) is 11.2 Å². The molecule has 0 bridgehead atoms. The Morgan fingerprint density at radius 3 is 2.37 bits per heavy atom. The number of nitrogens with one attached hydrogen (secondary N) is 1. The molecule has 0 atom stereocenters. The molecule has 0 fully saturated rings. The molecule has 0 spiro atoms. The highest BCUT2D eigenvalue weighted by Gasteiger charge is 2.04. The van der Waals surface area contributed by atoms with E-state index in [1.54, 1.807) is 0 Å². The molecule has 3 heteroatoms. The third-order valence-corrected chi connectivity index (χ3v) is 3.39. The Morgan fingerprint density at radius 1 is 1.05 bits per heavy atom. The lowest BCUT2D eigenvalue weighted by molar-refractivity contribution is -0.115. The fourth-order valence-corrected chi connectivity index (χ4v) is 1.97. The lowest BCUT2D eigenvalue weighted by Crippen LogP contribution is -2.14. The van der Waals surface area contributed by atoms with E-state index < -0.39 is 0 Å². The molecule has 2 aromatic carbocycles. The van der Waals surface area contributed by atoms with Crippen LogP contribution >= 0.6 is 12.6 Å². The number of amides is 1. The number of carbonyl (C=O) groups is 1. The van der Waals surface area contributed by atoms with Crippen molar-refractivity contribution < 1.29 is 4.79 Å². The van der Waals surface area contributed by atoms with Crippen LogP contribution in [0.1, 0.15) is 16.7 Å². The first-order chi connectivity index (χ1) is 9.04. The molecule has 1 amide bonds. The van der Waals surface area contributed by atoms with E-state index >= 15 is 0 Å². The Hall–Kier alpha value is -1.74.